The number of benzene rings is 1. The molecule has 6 aromatic heterocycles. The van der Waals surface area contributed by atoms with Gasteiger partial charge < -0.3 is 19.9 Å². The molecule has 0 saturated carbocycles. The van der Waals surface area contributed by atoms with Gasteiger partial charge in [-0.3, -0.25) is 0 Å². The van der Waals surface area contributed by atoms with Crippen molar-refractivity contribution in [3.8, 4) is 22.3 Å². The van der Waals surface area contributed by atoms with E-state index < -0.39 is 0 Å². The zero-order chi connectivity index (χ0) is 66.5. The number of nitrogens with zero attached hydrogens (tertiary/aromatic N) is 4. The molecule has 1 aromatic carbocycles. The maximum Gasteiger partial charge on any atom is 0.0771 e. The van der Waals surface area contributed by atoms with Crippen LogP contribution in [0.3, 0.4) is 0 Å². The first-order valence-corrected chi connectivity index (χ1v) is 37.1. The molecule has 0 fully saturated rings. The van der Waals surface area contributed by atoms with Crippen molar-refractivity contribution in [2.75, 3.05) is 0 Å². The van der Waals surface area contributed by atoms with E-state index in [2.05, 4.69) is 191 Å². The minimum absolute atomic E-state index is 0.838. The summed E-state index contributed by atoms with van der Waals surface area (Å²) in [6.07, 6.45) is 26.9. The Morgan fingerprint density at radius 3 is 0.957 bits per heavy atom. The molecule has 0 atom stereocenters. The van der Waals surface area contributed by atoms with Crippen LogP contribution < -0.4 is 0 Å². The third-order valence-corrected chi connectivity index (χ3v) is 21.9. The third-order valence-electron chi connectivity index (χ3n) is 21.9. The number of aromatic amines is 4. The zero-order valence-corrected chi connectivity index (χ0v) is 60.5. The molecular weight excluding hydrogens is 1150 g/mol. The zero-order valence-electron chi connectivity index (χ0n) is 60.5. The first-order valence-electron chi connectivity index (χ1n) is 37.1. The molecule has 4 aliphatic rings. The Kier molecular flexibility index (Phi) is 21.7. The fraction of sp³-hybridized carbons (Fsp3) is 0.465. The average molecular weight is 1260 g/mol. The van der Waals surface area contributed by atoms with Gasteiger partial charge >= 0.3 is 0 Å². The number of allylic oxidation sites excluding steroid dienone is 8. The van der Waals surface area contributed by atoms with Crippen molar-refractivity contribution in [1.29, 1.82) is 0 Å². The molecule has 0 unspecified atom stereocenters. The second-order valence-electron chi connectivity index (χ2n) is 27.9. The minimum Gasteiger partial charge on any atom is -0.355 e. The van der Waals surface area contributed by atoms with Crippen molar-refractivity contribution in [2.45, 2.75) is 265 Å². The van der Waals surface area contributed by atoms with Crippen LogP contribution in [0.25, 0.3) is 111 Å². The van der Waals surface area contributed by atoms with Gasteiger partial charge in [-0.1, -0.05) is 151 Å². The molecule has 0 amide bonds. The number of hydrogen-bond acceptors (Lipinski definition) is 4. The Labute approximate surface area is 563 Å². The summed E-state index contributed by atoms with van der Waals surface area (Å²) < 4.78 is 0. The van der Waals surface area contributed by atoms with Gasteiger partial charge in [-0.15, -0.1) is 0 Å². The Balaban J connectivity index is 1.24. The maximum absolute atomic E-state index is 5.91. The number of hydrogen-bond donors (Lipinski definition) is 4. The largest absolute Gasteiger partial charge is 0.355 e. The fourth-order valence-electron chi connectivity index (χ4n) is 16.0. The molecule has 8 nitrogen and oxygen atoms in total. The van der Waals surface area contributed by atoms with Crippen molar-refractivity contribution in [1.82, 2.24) is 39.9 Å². The molecule has 0 saturated heterocycles. The monoisotopic (exact) mass is 1250 g/mol. The minimum atomic E-state index is 0.838. The molecule has 8 heteroatoms. The lowest BCUT2D eigenvalue weighted by Gasteiger charge is -2.14. The number of fused-ring (bicyclic) bond motifs is 16. The van der Waals surface area contributed by atoms with Crippen molar-refractivity contribution >= 4 is 88.7 Å². The van der Waals surface area contributed by atoms with Crippen molar-refractivity contribution in [3.05, 3.63) is 151 Å². The number of nitrogens with one attached hydrogen (secondary N) is 4. The lowest BCUT2D eigenvalue weighted by molar-refractivity contribution is 0.667. The highest BCUT2D eigenvalue weighted by Gasteiger charge is 2.28. The molecule has 16 bridgehead atoms. The molecule has 0 aliphatic carbocycles. The van der Waals surface area contributed by atoms with Crippen molar-refractivity contribution < 1.29 is 0 Å². The lowest BCUT2D eigenvalue weighted by atomic mass is 9.90. The van der Waals surface area contributed by atoms with Gasteiger partial charge in [-0.2, -0.15) is 0 Å². The van der Waals surface area contributed by atoms with E-state index in [0.717, 1.165) is 178 Å². The highest BCUT2D eigenvalue weighted by atomic mass is 14.8. The van der Waals surface area contributed by atoms with Gasteiger partial charge in [0.1, 0.15) is 0 Å². The van der Waals surface area contributed by atoms with Crippen LogP contribution in [0.1, 0.15) is 302 Å². The molecule has 494 valence electrons. The third kappa shape index (κ3) is 13.3. The van der Waals surface area contributed by atoms with Crippen LogP contribution in [0, 0.1) is 27.7 Å². The van der Waals surface area contributed by atoms with E-state index in [4.69, 9.17) is 19.9 Å². The average Bonchev–Trinajstić information content (AvgIpc) is 1.57. The summed E-state index contributed by atoms with van der Waals surface area (Å²) in [5, 5.41) is 0. The Bertz CT molecular complexity index is 4230. The van der Waals surface area contributed by atoms with Crippen molar-refractivity contribution in [3.63, 3.8) is 0 Å². The van der Waals surface area contributed by atoms with E-state index in [9.17, 15) is 0 Å². The number of aryl methyl sites for hydroxylation is 8. The molecule has 7 aromatic rings. The van der Waals surface area contributed by atoms with Crippen LogP contribution in [0.15, 0.2) is 60.7 Å². The van der Waals surface area contributed by atoms with Crippen LogP contribution in [0.2, 0.25) is 0 Å². The number of unbranched alkanes of at least 4 members (excludes halogenated alkanes) is 12. The summed E-state index contributed by atoms with van der Waals surface area (Å²) in [5.74, 6) is 0. The van der Waals surface area contributed by atoms with Gasteiger partial charge in [0, 0.05) is 44.2 Å². The van der Waals surface area contributed by atoms with Crippen molar-refractivity contribution in [2.24, 2.45) is 0 Å². The molecule has 0 radical (unpaired) electrons. The molecule has 11 rings (SSSR count). The molecule has 94 heavy (non-hydrogen) atoms. The number of rotatable bonds is 26. The predicted octanol–water partition coefficient (Wildman–Crippen LogP) is 25.4. The maximum atomic E-state index is 5.91. The highest BCUT2D eigenvalue weighted by molar-refractivity contribution is 6.05. The highest BCUT2D eigenvalue weighted by Crippen LogP contribution is 2.47. The fourth-order valence-corrected chi connectivity index (χ4v) is 16.0. The summed E-state index contributed by atoms with van der Waals surface area (Å²) in [6.45, 7) is 37.0. The van der Waals surface area contributed by atoms with Gasteiger partial charge in [0.25, 0.3) is 0 Å². The second kappa shape index (κ2) is 30.0. The van der Waals surface area contributed by atoms with E-state index in [0.29, 0.717) is 0 Å². The van der Waals surface area contributed by atoms with Gasteiger partial charge in [-0.25, -0.2) is 19.9 Å². The topological polar surface area (TPSA) is 115 Å². The van der Waals surface area contributed by atoms with E-state index in [1.54, 1.807) is 0 Å². The van der Waals surface area contributed by atoms with Gasteiger partial charge in [0.2, 0.25) is 0 Å². The van der Waals surface area contributed by atoms with Crippen LogP contribution in [0.4, 0.5) is 0 Å². The first kappa shape index (κ1) is 67.8. The molecular formula is C86H110N8. The Morgan fingerprint density at radius 1 is 0.287 bits per heavy atom. The molecule has 4 aliphatic heterocycles. The Morgan fingerprint density at radius 2 is 0.606 bits per heavy atom. The van der Waals surface area contributed by atoms with Gasteiger partial charge in [0.05, 0.1) is 56.6 Å². The van der Waals surface area contributed by atoms with Crippen LogP contribution in [0.5, 0.6) is 0 Å². The first-order chi connectivity index (χ1) is 45.6. The second-order valence-corrected chi connectivity index (χ2v) is 27.9. The Hall–Kier alpha value is -7.58. The van der Waals surface area contributed by atoms with Crippen LogP contribution in [-0.2, 0) is 25.7 Å². The summed E-state index contributed by atoms with van der Waals surface area (Å²) >= 11 is 0. The predicted molar refractivity (Wildman–Crippen MR) is 408 cm³/mol. The summed E-state index contributed by atoms with van der Waals surface area (Å²) in [5.41, 5.74) is 42.9. The quantitative estimate of drug-likeness (QED) is 0.0404. The summed E-state index contributed by atoms with van der Waals surface area (Å²) in [4.78, 5) is 39.5. The van der Waals surface area contributed by atoms with E-state index in [1.165, 1.54) is 177 Å². The standard InChI is InChI=1S/C86H110N8/c1-17-25-29-33-40-65-55(13)69-45-73-51(9)61(21-5)83(91-73)81(84-62(22-6)52(10)74(92-84)46-70-56(14)66(41-34-30-26-18-2)78(88-70)49-77(65)87-69)59-38-37-39-60(44-59)82-85-63(23-7)53(11)75(93-85)47-71-57(15)67(42-35-31-27-19-3)79(89-71)50-80-68(43-36-32-28-20-4)58(16)72(90-80)48-76-54(12)64(24-8)86(82)94-76/h37-39,44-50,87,89,92,94H,17-36,40-43H2,1-16H3. The van der Waals surface area contributed by atoms with E-state index in [-0.39, 0.29) is 0 Å². The summed E-state index contributed by atoms with van der Waals surface area (Å²) in [7, 11) is 0. The van der Waals surface area contributed by atoms with Crippen LogP contribution >= 0.6 is 0 Å². The SMILES string of the molecule is CCCCCCC1=C(C)c2cc3[nH]c(c(CC)c3C)c(-c3cccc(-c4c5nc(cc6[nH]c(cc7nc(cc8[nH]c4c(CC)c8C)C(C)=C7CCCCCC)c(CCCCCC)c6C)C(C)=C5CC)c3)c3nc(cc4[nH]c(cc1n2)c(CCCCCC)c4C)C(C)=C3CC. The smallest absolute Gasteiger partial charge is 0.0771 e. The molecule has 0 spiro atoms. The van der Waals surface area contributed by atoms with Crippen LogP contribution in [-0.4, -0.2) is 39.9 Å². The molecule has 4 N–H and O–H groups in total. The molecule has 10 heterocycles. The number of aromatic nitrogens is 8. The summed E-state index contributed by atoms with van der Waals surface area (Å²) in [6, 6.07) is 23.7. The van der Waals surface area contributed by atoms with Gasteiger partial charge in [0.15, 0.2) is 0 Å². The van der Waals surface area contributed by atoms with E-state index in [1.807, 2.05) is 0 Å². The number of H-pyrrole nitrogens is 4. The van der Waals surface area contributed by atoms with Gasteiger partial charge in [-0.05, 0) is 275 Å². The van der Waals surface area contributed by atoms with E-state index >= 15 is 0 Å². The normalized spacial score (nSPS) is 13.5. The lowest BCUT2D eigenvalue weighted by Crippen LogP contribution is -1.95.